The van der Waals surface area contributed by atoms with Crippen LogP contribution < -0.4 is 10.1 Å². The Labute approximate surface area is 144 Å². The number of aromatic amines is 1. The van der Waals surface area contributed by atoms with Gasteiger partial charge in [0.15, 0.2) is 5.69 Å². The molecule has 1 fully saturated rings. The van der Waals surface area contributed by atoms with Gasteiger partial charge in [-0.3, -0.25) is 9.89 Å². The molecule has 2 aromatic heterocycles. The van der Waals surface area contributed by atoms with Crippen molar-refractivity contribution in [3.8, 4) is 5.88 Å². The molecule has 1 saturated heterocycles. The molecule has 1 aliphatic heterocycles. The number of benzene rings is 1. The average Bonchev–Trinajstić information content (AvgIpc) is 3.08. The normalized spacial score (nSPS) is 20.3. The number of pyridine rings is 1. The molecule has 3 aromatic rings. The highest BCUT2D eigenvalue weighted by Crippen LogP contribution is 2.18. The first-order valence-corrected chi connectivity index (χ1v) is 8.20. The van der Waals surface area contributed by atoms with Crippen molar-refractivity contribution in [2.75, 3.05) is 13.2 Å². The number of carbonyl (C=O) groups is 1. The fourth-order valence-electron chi connectivity index (χ4n) is 2.94. The van der Waals surface area contributed by atoms with Gasteiger partial charge in [0.25, 0.3) is 5.91 Å². The molecule has 0 radical (unpaired) electrons. The summed E-state index contributed by atoms with van der Waals surface area (Å²) in [5, 5.41) is 10.9. The molecule has 0 unspecified atom stereocenters. The Morgan fingerprint density at radius 3 is 3.00 bits per heavy atom. The summed E-state index contributed by atoms with van der Waals surface area (Å²) >= 11 is 0. The Balaban J connectivity index is 1.50. The van der Waals surface area contributed by atoms with Gasteiger partial charge in [-0.25, -0.2) is 4.98 Å². The molecule has 2 N–H and O–H groups in total. The maximum atomic E-state index is 12.7. The van der Waals surface area contributed by atoms with Crippen molar-refractivity contribution in [1.82, 2.24) is 20.5 Å². The number of H-pyrrole nitrogens is 1. The molecule has 7 nitrogen and oxygen atoms in total. The van der Waals surface area contributed by atoms with Crippen LogP contribution in [0.2, 0.25) is 0 Å². The number of hydrogen-bond donors (Lipinski definition) is 2. The van der Waals surface area contributed by atoms with Crippen molar-refractivity contribution < 1.29 is 14.3 Å². The van der Waals surface area contributed by atoms with E-state index in [1.165, 1.54) is 0 Å². The van der Waals surface area contributed by atoms with Crippen LogP contribution in [0.5, 0.6) is 5.88 Å². The lowest BCUT2D eigenvalue weighted by atomic mass is 10.1. The van der Waals surface area contributed by atoms with Gasteiger partial charge in [-0.15, -0.1) is 0 Å². The summed E-state index contributed by atoms with van der Waals surface area (Å²) < 4.78 is 11.4. The van der Waals surface area contributed by atoms with Gasteiger partial charge >= 0.3 is 0 Å². The summed E-state index contributed by atoms with van der Waals surface area (Å²) in [6.45, 7) is 0.983. The van der Waals surface area contributed by atoms with E-state index in [-0.39, 0.29) is 18.1 Å². The zero-order chi connectivity index (χ0) is 17.1. The van der Waals surface area contributed by atoms with Crippen LogP contribution in [0.15, 0.2) is 48.7 Å². The van der Waals surface area contributed by atoms with Gasteiger partial charge in [0, 0.05) is 24.3 Å². The predicted molar refractivity (Wildman–Crippen MR) is 91.4 cm³/mol. The van der Waals surface area contributed by atoms with Crippen LogP contribution >= 0.6 is 0 Å². The van der Waals surface area contributed by atoms with E-state index in [1.54, 1.807) is 12.3 Å². The molecule has 7 heteroatoms. The fourth-order valence-corrected chi connectivity index (χ4v) is 2.94. The Kier molecular flexibility index (Phi) is 4.30. The molecule has 25 heavy (non-hydrogen) atoms. The number of ether oxygens (including phenoxy) is 2. The zero-order valence-corrected chi connectivity index (χ0v) is 13.5. The molecular formula is C18H18N4O3. The molecule has 3 heterocycles. The largest absolute Gasteiger partial charge is 0.470 e. The third-order valence-electron chi connectivity index (χ3n) is 4.22. The highest BCUT2D eigenvalue weighted by molar-refractivity contribution is 6.04. The van der Waals surface area contributed by atoms with E-state index in [4.69, 9.17) is 9.47 Å². The molecule has 0 aliphatic carbocycles. The number of rotatable bonds is 4. The number of nitrogens with one attached hydrogen (secondary N) is 2. The Morgan fingerprint density at radius 1 is 1.24 bits per heavy atom. The van der Waals surface area contributed by atoms with E-state index in [0.717, 1.165) is 10.9 Å². The van der Waals surface area contributed by atoms with Gasteiger partial charge in [-0.05, 0) is 18.6 Å². The third kappa shape index (κ3) is 3.32. The number of carbonyl (C=O) groups excluding carboxylic acids is 1. The van der Waals surface area contributed by atoms with Crippen LogP contribution in [0.3, 0.4) is 0 Å². The Hall–Kier alpha value is -2.93. The minimum Gasteiger partial charge on any atom is -0.470 e. The maximum absolute atomic E-state index is 12.7. The molecule has 0 spiro atoms. The van der Waals surface area contributed by atoms with E-state index >= 15 is 0 Å². The molecule has 1 aliphatic rings. The molecular weight excluding hydrogens is 320 g/mol. The lowest BCUT2D eigenvalue weighted by Gasteiger charge is -2.31. The van der Waals surface area contributed by atoms with Gasteiger partial charge < -0.3 is 14.8 Å². The third-order valence-corrected chi connectivity index (χ3v) is 4.22. The first-order valence-electron chi connectivity index (χ1n) is 8.20. The lowest BCUT2D eigenvalue weighted by Crippen LogP contribution is -2.51. The summed E-state index contributed by atoms with van der Waals surface area (Å²) in [4.78, 5) is 16.8. The zero-order valence-electron chi connectivity index (χ0n) is 13.5. The minimum atomic E-state index is -0.294. The highest BCUT2D eigenvalue weighted by Gasteiger charge is 2.30. The number of aromatic nitrogens is 3. The molecule has 4 rings (SSSR count). The number of nitrogens with zero attached hydrogens (tertiary/aromatic N) is 2. The monoisotopic (exact) mass is 338 g/mol. The van der Waals surface area contributed by atoms with Crippen LogP contribution in [-0.2, 0) is 4.74 Å². The smallest absolute Gasteiger partial charge is 0.272 e. The molecule has 1 amide bonds. The standard InChI is InChI=1S/C18H18N4O3/c23-18(17-12-5-1-2-6-13(12)21-22-17)20-14-8-10-24-11-15(14)25-16-7-3-4-9-19-16/h1-7,9,14-15H,8,10-11H2,(H,20,23)(H,21,22)/t14-,15-/m1/s1. The Bertz CT molecular complexity index is 865. The number of fused-ring (bicyclic) bond motifs is 1. The second kappa shape index (κ2) is 6.90. The summed E-state index contributed by atoms with van der Waals surface area (Å²) in [6, 6.07) is 12.8. The van der Waals surface area contributed by atoms with Gasteiger partial charge in [-0.2, -0.15) is 5.10 Å². The van der Waals surface area contributed by atoms with E-state index in [2.05, 4.69) is 20.5 Å². The minimum absolute atomic E-state index is 0.168. The van der Waals surface area contributed by atoms with Gasteiger partial charge in [0.2, 0.25) is 5.88 Å². The second-order valence-corrected chi connectivity index (χ2v) is 5.89. The summed E-state index contributed by atoms with van der Waals surface area (Å²) in [7, 11) is 0. The van der Waals surface area contributed by atoms with Crippen molar-refractivity contribution in [3.05, 3.63) is 54.4 Å². The number of amides is 1. The van der Waals surface area contributed by atoms with Crippen molar-refractivity contribution in [2.24, 2.45) is 0 Å². The fraction of sp³-hybridized carbons (Fsp3) is 0.278. The van der Waals surface area contributed by atoms with Gasteiger partial charge in [0.05, 0.1) is 18.2 Å². The second-order valence-electron chi connectivity index (χ2n) is 5.89. The average molecular weight is 338 g/mol. The van der Waals surface area contributed by atoms with Crippen LogP contribution in [0.25, 0.3) is 10.9 Å². The SMILES string of the molecule is O=C(N[C@@H]1CCOC[C@H]1Oc1ccccn1)c1n[nH]c2ccccc12. The van der Waals surface area contributed by atoms with Crippen LogP contribution in [0.1, 0.15) is 16.9 Å². The molecule has 0 bridgehead atoms. The number of para-hydroxylation sites is 1. The summed E-state index contributed by atoms with van der Waals surface area (Å²) in [5.41, 5.74) is 1.22. The van der Waals surface area contributed by atoms with Crippen molar-refractivity contribution in [2.45, 2.75) is 18.6 Å². The van der Waals surface area contributed by atoms with Gasteiger partial charge in [-0.1, -0.05) is 24.3 Å². The topological polar surface area (TPSA) is 89.1 Å². The predicted octanol–water partition coefficient (Wildman–Crippen LogP) is 1.92. The highest BCUT2D eigenvalue weighted by atomic mass is 16.5. The van der Waals surface area contributed by atoms with Crippen molar-refractivity contribution >= 4 is 16.8 Å². The lowest BCUT2D eigenvalue weighted by molar-refractivity contribution is -0.0153. The molecule has 0 saturated carbocycles. The number of hydrogen-bond acceptors (Lipinski definition) is 5. The van der Waals surface area contributed by atoms with E-state index in [9.17, 15) is 4.79 Å². The van der Waals surface area contributed by atoms with Crippen LogP contribution in [0.4, 0.5) is 0 Å². The first kappa shape index (κ1) is 15.6. The molecule has 128 valence electrons. The first-order chi connectivity index (χ1) is 12.3. The Morgan fingerprint density at radius 2 is 2.12 bits per heavy atom. The van der Waals surface area contributed by atoms with Crippen molar-refractivity contribution in [1.29, 1.82) is 0 Å². The van der Waals surface area contributed by atoms with E-state index in [1.807, 2.05) is 36.4 Å². The van der Waals surface area contributed by atoms with Crippen LogP contribution in [0, 0.1) is 0 Å². The maximum Gasteiger partial charge on any atom is 0.272 e. The van der Waals surface area contributed by atoms with Crippen LogP contribution in [-0.4, -0.2) is 46.4 Å². The van der Waals surface area contributed by atoms with E-state index < -0.39 is 0 Å². The van der Waals surface area contributed by atoms with Gasteiger partial charge in [0.1, 0.15) is 6.10 Å². The van der Waals surface area contributed by atoms with E-state index in [0.29, 0.717) is 31.2 Å². The summed E-state index contributed by atoms with van der Waals surface area (Å²) in [5.74, 6) is 0.293. The molecule has 2 atom stereocenters. The quantitative estimate of drug-likeness (QED) is 0.759. The summed E-state index contributed by atoms with van der Waals surface area (Å²) in [6.07, 6.45) is 2.05. The van der Waals surface area contributed by atoms with Crippen molar-refractivity contribution in [3.63, 3.8) is 0 Å². The molecule has 1 aromatic carbocycles.